The summed E-state index contributed by atoms with van der Waals surface area (Å²) in [5, 5.41) is 12.6. The number of ether oxygens (including phenoxy) is 1. The molecule has 96 valence electrons. The lowest BCUT2D eigenvalue weighted by Crippen LogP contribution is -2.31. The molecule has 2 rings (SSSR count). The van der Waals surface area contributed by atoms with Crippen molar-refractivity contribution in [1.29, 1.82) is 0 Å². The van der Waals surface area contributed by atoms with Crippen LogP contribution in [0.2, 0.25) is 5.02 Å². The van der Waals surface area contributed by atoms with Crippen molar-refractivity contribution in [2.24, 2.45) is 0 Å². The number of rotatable bonds is 4. The zero-order valence-electron chi connectivity index (χ0n) is 10.6. The molecule has 2 aromatic rings. The smallest absolute Gasteiger partial charge is 0.127 e. The molecular formula is C15H17ClO2. The van der Waals surface area contributed by atoms with Gasteiger partial charge in [-0.2, -0.15) is 0 Å². The lowest BCUT2D eigenvalue weighted by Gasteiger charge is -2.22. The lowest BCUT2D eigenvalue weighted by molar-refractivity contribution is 0.00896. The molecule has 0 fully saturated rings. The first-order valence-electron chi connectivity index (χ1n) is 6.06. The fourth-order valence-corrected chi connectivity index (χ4v) is 1.92. The van der Waals surface area contributed by atoms with Crippen molar-refractivity contribution in [3.8, 4) is 5.75 Å². The van der Waals surface area contributed by atoms with Crippen LogP contribution in [0, 0.1) is 0 Å². The number of hydrogen-bond donors (Lipinski definition) is 1. The van der Waals surface area contributed by atoms with Gasteiger partial charge in [0.25, 0.3) is 0 Å². The van der Waals surface area contributed by atoms with Gasteiger partial charge >= 0.3 is 0 Å². The van der Waals surface area contributed by atoms with E-state index in [9.17, 15) is 5.11 Å². The average molecular weight is 265 g/mol. The normalized spacial score (nSPS) is 14.4. The van der Waals surface area contributed by atoms with Crippen molar-refractivity contribution >= 4 is 22.4 Å². The summed E-state index contributed by atoms with van der Waals surface area (Å²) in [6.07, 6.45) is 0.651. The molecule has 0 bridgehead atoms. The molecule has 0 amide bonds. The van der Waals surface area contributed by atoms with Crippen molar-refractivity contribution in [3.63, 3.8) is 0 Å². The largest absolute Gasteiger partial charge is 0.490 e. The zero-order chi connectivity index (χ0) is 13.2. The van der Waals surface area contributed by atoms with E-state index in [0.29, 0.717) is 11.4 Å². The molecule has 1 unspecified atom stereocenters. The Morgan fingerprint density at radius 1 is 1.17 bits per heavy atom. The van der Waals surface area contributed by atoms with Crippen LogP contribution < -0.4 is 4.74 Å². The van der Waals surface area contributed by atoms with E-state index in [1.165, 1.54) is 0 Å². The van der Waals surface area contributed by atoms with Gasteiger partial charge in [-0.25, -0.2) is 0 Å². The highest BCUT2D eigenvalue weighted by molar-refractivity contribution is 6.35. The van der Waals surface area contributed by atoms with Crippen LogP contribution in [0.3, 0.4) is 0 Å². The van der Waals surface area contributed by atoms with E-state index in [4.69, 9.17) is 16.3 Å². The molecule has 2 aromatic carbocycles. The Morgan fingerprint density at radius 3 is 2.50 bits per heavy atom. The fourth-order valence-electron chi connectivity index (χ4n) is 1.70. The van der Waals surface area contributed by atoms with Crippen molar-refractivity contribution in [2.45, 2.75) is 25.9 Å². The molecule has 0 aromatic heterocycles. The van der Waals surface area contributed by atoms with Crippen molar-refractivity contribution in [1.82, 2.24) is 0 Å². The zero-order valence-corrected chi connectivity index (χ0v) is 11.4. The summed E-state index contributed by atoms with van der Waals surface area (Å²) >= 11 is 6.14. The first kappa shape index (κ1) is 13.2. The van der Waals surface area contributed by atoms with E-state index in [1.54, 1.807) is 6.92 Å². The monoisotopic (exact) mass is 264 g/mol. The number of benzene rings is 2. The maximum absolute atomic E-state index is 9.96. The highest BCUT2D eigenvalue weighted by Crippen LogP contribution is 2.31. The summed E-state index contributed by atoms with van der Waals surface area (Å²) in [5.74, 6) is 0.753. The van der Waals surface area contributed by atoms with Crippen LogP contribution in [0.4, 0.5) is 0 Å². The average Bonchev–Trinajstić information content (AvgIpc) is 2.38. The Morgan fingerprint density at radius 2 is 1.83 bits per heavy atom. The quantitative estimate of drug-likeness (QED) is 0.903. The standard InChI is InChI=1S/C15H17ClO2/c1-3-15(2,17)10-18-14-9-8-13(16)11-6-4-5-7-12(11)14/h4-9,17H,3,10H2,1-2H3. The molecule has 0 aliphatic heterocycles. The Balaban J connectivity index is 2.32. The molecule has 1 N–H and O–H groups in total. The summed E-state index contributed by atoms with van der Waals surface area (Å²) < 4.78 is 5.72. The van der Waals surface area contributed by atoms with Crippen LogP contribution in [-0.4, -0.2) is 17.3 Å². The summed E-state index contributed by atoms with van der Waals surface area (Å²) in [5.41, 5.74) is -0.805. The summed E-state index contributed by atoms with van der Waals surface area (Å²) in [7, 11) is 0. The first-order valence-corrected chi connectivity index (χ1v) is 6.44. The van der Waals surface area contributed by atoms with Crippen LogP contribution in [-0.2, 0) is 0 Å². The van der Waals surface area contributed by atoms with Gasteiger partial charge in [-0.3, -0.25) is 0 Å². The summed E-state index contributed by atoms with van der Waals surface area (Å²) in [6.45, 7) is 3.98. The van der Waals surface area contributed by atoms with Gasteiger partial charge in [-0.1, -0.05) is 42.8 Å². The molecule has 0 aliphatic carbocycles. The number of fused-ring (bicyclic) bond motifs is 1. The second-order valence-electron chi connectivity index (χ2n) is 4.73. The van der Waals surface area contributed by atoms with E-state index in [-0.39, 0.29) is 6.61 Å². The molecule has 18 heavy (non-hydrogen) atoms. The molecule has 0 heterocycles. The Bertz CT molecular complexity index is 549. The van der Waals surface area contributed by atoms with Gasteiger partial charge in [-0.15, -0.1) is 0 Å². The van der Waals surface area contributed by atoms with Crippen LogP contribution in [0.5, 0.6) is 5.75 Å². The minimum absolute atomic E-state index is 0.273. The molecule has 1 atom stereocenters. The van der Waals surface area contributed by atoms with E-state index in [1.807, 2.05) is 43.3 Å². The second-order valence-corrected chi connectivity index (χ2v) is 5.14. The Labute approximate surface area is 112 Å². The van der Waals surface area contributed by atoms with Crippen molar-refractivity contribution < 1.29 is 9.84 Å². The summed E-state index contributed by atoms with van der Waals surface area (Å²) in [4.78, 5) is 0. The number of halogens is 1. The second kappa shape index (κ2) is 5.17. The van der Waals surface area contributed by atoms with Gasteiger partial charge in [0.2, 0.25) is 0 Å². The molecule has 3 heteroatoms. The van der Waals surface area contributed by atoms with Gasteiger partial charge in [-0.05, 0) is 25.5 Å². The van der Waals surface area contributed by atoms with Gasteiger partial charge in [0.1, 0.15) is 12.4 Å². The van der Waals surface area contributed by atoms with Crippen molar-refractivity contribution in [3.05, 3.63) is 41.4 Å². The van der Waals surface area contributed by atoms with Gasteiger partial charge < -0.3 is 9.84 Å². The van der Waals surface area contributed by atoms with E-state index < -0.39 is 5.60 Å². The van der Waals surface area contributed by atoms with Crippen LogP contribution in [0.25, 0.3) is 10.8 Å². The molecule has 0 spiro atoms. The Kier molecular flexibility index (Phi) is 3.79. The lowest BCUT2D eigenvalue weighted by atomic mass is 10.1. The summed E-state index contributed by atoms with van der Waals surface area (Å²) in [6, 6.07) is 11.5. The predicted octanol–water partition coefficient (Wildman–Crippen LogP) is 4.03. The molecule has 0 saturated heterocycles. The van der Waals surface area contributed by atoms with Crippen LogP contribution in [0.15, 0.2) is 36.4 Å². The molecule has 2 nitrogen and oxygen atoms in total. The molecule has 0 saturated carbocycles. The molecular weight excluding hydrogens is 248 g/mol. The van der Waals surface area contributed by atoms with E-state index >= 15 is 0 Å². The van der Waals surface area contributed by atoms with Crippen LogP contribution >= 0.6 is 11.6 Å². The minimum atomic E-state index is -0.805. The number of hydrogen-bond acceptors (Lipinski definition) is 2. The SMILES string of the molecule is CCC(C)(O)COc1ccc(Cl)c2ccccc12. The Hall–Kier alpha value is -1.25. The highest BCUT2D eigenvalue weighted by Gasteiger charge is 2.19. The first-order chi connectivity index (χ1) is 8.53. The number of aliphatic hydroxyl groups is 1. The topological polar surface area (TPSA) is 29.5 Å². The third-order valence-corrected chi connectivity index (χ3v) is 3.46. The van der Waals surface area contributed by atoms with E-state index in [0.717, 1.165) is 16.5 Å². The van der Waals surface area contributed by atoms with Crippen molar-refractivity contribution in [2.75, 3.05) is 6.61 Å². The van der Waals surface area contributed by atoms with Gasteiger partial charge in [0.05, 0.1) is 5.60 Å². The minimum Gasteiger partial charge on any atom is -0.490 e. The van der Waals surface area contributed by atoms with Gasteiger partial charge in [0, 0.05) is 15.8 Å². The fraction of sp³-hybridized carbons (Fsp3) is 0.333. The maximum Gasteiger partial charge on any atom is 0.127 e. The van der Waals surface area contributed by atoms with E-state index in [2.05, 4.69) is 0 Å². The van der Waals surface area contributed by atoms with Gasteiger partial charge in [0.15, 0.2) is 0 Å². The third-order valence-electron chi connectivity index (χ3n) is 3.13. The predicted molar refractivity (Wildman–Crippen MR) is 75.4 cm³/mol. The molecule has 0 radical (unpaired) electrons. The highest BCUT2D eigenvalue weighted by atomic mass is 35.5. The van der Waals surface area contributed by atoms with Crippen LogP contribution in [0.1, 0.15) is 20.3 Å². The maximum atomic E-state index is 9.96. The molecule has 0 aliphatic rings. The third kappa shape index (κ3) is 2.77.